The van der Waals surface area contributed by atoms with Crippen LogP contribution in [0.15, 0.2) is 24.4 Å². The number of benzene rings is 1. The van der Waals surface area contributed by atoms with Crippen molar-refractivity contribution in [2.75, 3.05) is 14.2 Å². The van der Waals surface area contributed by atoms with E-state index in [2.05, 4.69) is 15.1 Å². The highest BCUT2D eigenvalue weighted by atomic mass is 16.5. The van der Waals surface area contributed by atoms with Crippen LogP contribution < -0.4 is 9.47 Å². The second-order valence-electron chi connectivity index (χ2n) is 4.73. The Bertz CT molecular complexity index is 813. The quantitative estimate of drug-likeness (QED) is 0.704. The van der Waals surface area contributed by atoms with Gasteiger partial charge in [-0.05, 0) is 19.1 Å². The summed E-state index contributed by atoms with van der Waals surface area (Å²) in [5.74, 6) is 1.92. The van der Waals surface area contributed by atoms with E-state index in [0.717, 1.165) is 22.3 Å². The zero-order chi connectivity index (χ0) is 19.0. The first-order valence-electron chi connectivity index (χ1n) is 8.52. The summed E-state index contributed by atoms with van der Waals surface area (Å²) in [5.41, 5.74) is 2.43. The molecular weight excluding hydrogens is 316 g/mol. The molecule has 3 aromatic rings. The molecule has 0 aliphatic heterocycles. The van der Waals surface area contributed by atoms with Gasteiger partial charge < -0.3 is 9.47 Å². The zero-order valence-electron chi connectivity index (χ0n) is 16.4. The van der Waals surface area contributed by atoms with Gasteiger partial charge in [0.15, 0.2) is 17.3 Å². The lowest BCUT2D eigenvalue weighted by Crippen LogP contribution is -1.98. The summed E-state index contributed by atoms with van der Waals surface area (Å²) in [6.45, 7) is 9.95. The maximum absolute atomic E-state index is 5.33. The van der Waals surface area contributed by atoms with Crippen LogP contribution in [0.4, 0.5) is 0 Å². The minimum absolute atomic E-state index is 0.604. The van der Waals surface area contributed by atoms with E-state index in [1.807, 2.05) is 66.1 Å². The third kappa shape index (κ3) is 4.47. The largest absolute Gasteiger partial charge is 0.493 e. The van der Waals surface area contributed by atoms with Crippen molar-refractivity contribution in [1.82, 2.24) is 19.7 Å². The SMILES string of the molecule is CC.CC.COc1cc2nc(-c3ccn(C)n3)nc(C)c2cc1OC. The van der Waals surface area contributed by atoms with E-state index in [1.165, 1.54) is 0 Å². The zero-order valence-corrected chi connectivity index (χ0v) is 16.4. The Hall–Kier alpha value is -2.63. The Morgan fingerprint density at radius 3 is 2.04 bits per heavy atom. The second kappa shape index (κ2) is 9.61. The lowest BCUT2D eigenvalue weighted by atomic mass is 10.1. The van der Waals surface area contributed by atoms with E-state index >= 15 is 0 Å². The molecule has 0 radical (unpaired) electrons. The first kappa shape index (κ1) is 20.4. The number of ether oxygens (including phenoxy) is 2. The standard InChI is InChI=1S/C15H16N4O2.2C2H6/c1-9-10-7-13(20-3)14(21-4)8-12(10)17-15(16-9)11-5-6-19(2)18-11;2*1-2/h5-8H,1-4H3;2*1-2H3. The van der Waals surface area contributed by atoms with E-state index in [-0.39, 0.29) is 0 Å². The number of rotatable bonds is 3. The molecule has 0 fully saturated rings. The monoisotopic (exact) mass is 344 g/mol. The van der Waals surface area contributed by atoms with Crippen LogP contribution >= 0.6 is 0 Å². The van der Waals surface area contributed by atoms with Crippen LogP contribution in [0.1, 0.15) is 33.4 Å². The fourth-order valence-electron chi connectivity index (χ4n) is 2.26. The number of nitrogens with zero attached hydrogens (tertiary/aromatic N) is 4. The highest BCUT2D eigenvalue weighted by Crippen LogP contribution is 2.33. The van der Waals surface area contributed by atoms with Crippen molar-refractivity contribution >= 4 is 10.9 Å². The molecule has 0 aliphatic rings. The van der Waals surface area contributed by atoms with Crippen LogP contribution in [0.25, 0.3) is 22.4 Å². The van der Waals surface area contributed by atoms with Crippen LogP contribution in [0, 0.1) is 6.92 Å². The minimum Gasteiger partial charge on any atom is -0.493 e. The highest BCUT2D eigenvalue weighted by Gasteiger charge is 2.13. The molecule has 0 saturated carbocycles. The molecule has 0 saturated heterocycles. The molecule has 1 aromatic carbocycles. The lowest BCUT2D eigenvalue weighted by molar-refractivity contribution is 0.355. The number of fused-ring (bicyclic) bond motifs is 1. The maximum Gasteiger partial charge on any atom is 0.180 e. The normalized spacial score (nSPS) is 9.60. The van der Waals surface area contributed by atoms with E-state index in [4.69, 9.17) is 9.47 Å². The summed E-state index contributed by atoms with van der Waals surface area (Å²) < 4.78 is 12.4. The molecule has 3 rings (SSSR count). The van der Waals surface area contributed by atoms with Crippen LogP contribution in [0.5, 0.6) is 11.5 Å². The molecule has 0 bridgehead atoms. The van der Waals surface area contributed by atoms with Gasteiger partial charge in [-0.25, -0.2) is 9.97 Å². The molecule has 0 amide bonds. The predicted octanol–water partition coefficient (Wildman–Crippen LogP) is 4.41. The van der Waals surface area contributed by atoms with Gasteiger partial charge in [-0.15, -0.1) is 0 Å². The van der Waals surface area contributed by atoms with Crippen molar-refractivity contribution in [2.45, 2.75) is 34.6 Å². The molecule has 136 valence electrons. The first-order valence-corrected chi connectivity index (χ1v) is 8.52. The van der Waals surface area contributed by atoms with Gasteiger partial charge in [0.05, 0.1) is 19.7 Å². The number of aromatic nitrogens is 4. The van der Waals surface area contributed by atoms with Gasteiger partial charge in [0, 0.05) is 30.4 Å². The van der Waals surface area contributed by atoms with Crippen molar-refractivity contribution in [3.8, 4) is 23.0 Å². The summed E-state index contributed by atoms with van der Waals surface area (Å²) in [5, 5.41) is 5.28. The third-order valence-electron chi connectivity index (χ3n) is 3.33. The summed E-state index contributed by atoms with van der Waals surface area (Å²) in [6.07, 6.45) is 1.87. The van der Waals surface area contributed by atoms with Crippen LogP contribution in [-0.4, -0.2) is 34.0 Å². The van der Waals surface area contributed by atoms with E-state index in [0.29, 0.717) is 17.3 Å². The van der Waals surface area contributed by atoms with Gasteiger partial charge >= 0.3 is 0 Å². The smallest absolute Gasteiger partial charge is 0.180 e. The molecule has 0 aliphatic carbocycles. The summed E-state index contributed by atoms with van der Waals surface area (Å²) in [7, 11) is 5.09. The first-order chi connectivity index (χ1) is 12.1. The number of hydrogen-bond acceptors (Lipinski definition) is 5. The number of aryl methyl sites for hydroxylation is 2. The van der Waals surface area contributed by atoms with Gasteiger partial charge in [-0.1, -0.05) is 27.7 Å². The number of methoxy groups -OCH3 is 2. The molecular formula is C19H28N4O2. The van der Waals surface area contributed by atoms with Gasteiger partial charge in [0.25, 0.3) is 0 Å². The molecule has 2 heterocycles. The molecule has 0 spiro atoms. The second-order valence-corrected chi connectivity index (χ2v) is 4.73. The van der Waals surface area contributed by atoms with Gasteiger partial charge in [-0.2, -0.15) is 5.10 Å². The van der Waals surface area contributed by atoms with Gasteiger partial charge in [0.2, 0.25) is 0 Å². The van der Waals surface area contributed by atoms with Crippen LogP contribution in [-0.2, 0) is 7.05 Å². The van der Waals surface area contributed by atoms with Crippen molar-refractivity contribution in [2.24, 2.45) is 7.05 Å². The fourth-order valence-corrected chi connectivity index (χ4v) is 2.26. The Morgan fingerprint density at radius 1 is 0.920 bits per heavy atom. The van der Waals surface area contributed by atoms with E-state index in [9.17, 15) is 0 Å². The van der Waals surface area contributed by atoms with Crippen LogP contribution in [0.3, 0.4) is 0 Å². The highest BCUT2D eigenvalue weighted by molar-refractivity contribution is 5.85. The predicted molar refractivity (Wildman–Crippen MR) is 102 cm³/mol. The van der Waals surface area contributed by atoms with Gasteiger partial charge in [-0.3, -0.25) is 4.68 Å². The summed E-state index contributed by atoms with van der Waals surface area (Å²) in [6, 6.07) is 5.64. The Labute approximate surface area is 149 Å². The number of hydrogen-bond donors (Lipinski definition) is 0. The van der Waals surface area contributed by atoms with Crippen molar-refractivity contribution in [3.63, 3.8) is 0 Å². The lowest BCUT2D eigenvalue weighted by Gasteiger charge is -2.10. The Kier molecular flexibility index (Phi) is 7.85. The summed E-state index contributed by atoms with van der Waals surface area (Å²) >= 11 is 0. The van der Waals surface area contributed by atoms with E-state index < -0.39 is 0 Å². The van der Waals surface area contributed by atoms with Gasteiger partial charge in [0.1, 0.15) is 5.69 Å². The maximum atomic E-state index is 5.33. The average Bonchev–Trinajstić information content (AvgIpc) is 3.10. The Morgan fingerprint density at radius 2 is 1.52 bits per heavy atom. The van der Waals surface area contributed by atoms with Crippen molar-refractivity contribution < 1.29 is 9.47 Å². The van der Waals surface area contributed by atoms with E-state index in [1.54, 1.807) is 18.9 Å². The average molecular weight is 344 g/mol. The molecule has 2 aromatic heterocycles. The molecule has 0 unspecified atom stereocenters. The van der Waals surface area contributed by atoms with Crippen molar-refractivity contribution in [3.05, 3.63) is 30.1 Å². The minimum atomic E-state index is 0.604. The third-order valence-corrected chi connectivity index (χ3v) is 3.33. The molecule has 25 heavy (non-hydrogen) atoms. The molecule has 0 atom stereocenters. The fraction of sp³-hybridized carbons (Fsp3) is 0.421. The molecule has 6 heteroatoms. The summed E-state index contributed by atoms with van der Waals surface area (Å²) in [4.78, 5) is 9.11. The molecule has 0 N–H and O–H groups in total. The van der Waals surface area contributed by atoms with Crippen molar-refractivity contribution in [1.29, 1.82) is 0 Å². The molecule has 6 nitrogen and oxygen atoms in total. The Balaban J connectivity index is 0.000000730. The van der Waals surface area contributed by atoms with Crippen LogP contribution in [0.2, 0.25) is 0 Å². The topological polar surface area (TPSA) is 62.1 Å².